The highest BCUT2D eigenvalue weighted by molar-refractivity contribution is 6.07. The lowest BCUT2D eigenvalue weighted by atomic mass is 10.0. The van der Waals surface area contributed by atoms with Crippen LogP contribution in [0, 0.1) is 5.82 Å². The van der Waals surface area contributed by atoms with E-state index in [0.29, 0.717) is 59.9 Å². The van der Waals surface area contributed by atoms with E-state index in [4.69, 9.17) is 18.9 Å². The van der Waals surface area contributed by atoms with Crippen molar-refractivity contribution in [3.05, 3.63) is 66.0 Å². The van der Waals surface area contributed by atoms with Crippen LogP contribution >= 0.6 is 0 Å². The predicted octanol–water partition coefficient (Wildman–Crippen LogP) is 3.63. The minimum atomic E-state index is -0.334. The third kappa shape index (κ3) is 3.52. The van der Waals surface area contributed by atoms with Crippen molar-refractivity contribution in [2.75, 3.05) is 33.1 Å². The molecule has 1 amide bonds. The molecule has 2 heterocycles. The fraction of sp³-hybridized carbons (Fsp3) is 0.261. The van der Waals surface area contributed by atoms with Crippen LogP contribution in [0.4, 0.5) is 4.39 Å². The van der Waals surface area contributed by atoms with E-state index in [1.165, 1.54) is 6.07 Å². The molecule has 3 aromatic rings. The SMILES string of the molecule is O=C(c1ccc(F)c2ccccc12)N1CCOC(COc2ccc3c(c2)OCO3)C1. The van der Waals surface area contributed by atoms with Gasteiger partial charge in [-0.15, -0.1) is 0 Å². The van der Waals surface area contributed by atoms with Gasteiger partial charge in [-0.25, -0.2) is 4.39 Å². The van der Waals surface area contributed by atoms with Crippen molar-refractivity contribution in [2.24, 2.45) is 0 Å². The molecule has 154 valence electrons. The molecule has 0 aliphatic carbocycles. The zero-order valence-corrected chi connectivity index (χ0v) is 16.2. The molecule has 2 aliphatic rings. The number of carbonyl (C=O) groups is 1. The van der Waals surface area contributed by atoms with Crippen molar-refractivity contribution >= 4 is 16.7 Å². The molecular weight excluding hydrogens is 389 g/mol. The lowest BCUT2D eigenvalue weighted by Gasteiger charge is -2.33. The number of hydrogen-bond donors (Lipinski definition) is 0. The molecule has 5 rings (SSSR count). The Morgan fingerprint density at radius 1 is 1.07 bits per heavy atom. The average Bonchev–Trinajstić information content (AvgIpc) is 3.26. The number of rotatable bonds is 4. The van der Waals surface area contributed by atoms with Gasteiger partial charge in [-0.2, -0.15) is 0 Å². The number of ether oxygens (including phenoxy) is 4. The van der Waals surface area contributed by atoms with Gasteiger partial charge in [0.15, 0.2) is 11.5 Å². The zero-order valence-electron chi connectivity index (χ0n) is 16.2. The Morgan fingerprint density at radius 3 is 2.80 bits per heavy atom. The minimum absolute atomic E-state index is 0.137. The first-order valence-corrected chi connectivity index (χ1v) is 9.79. The van der Waals surface area contributed by atoms with Gasteiger partial charge in [-0.3, -0.25) is 4.79 Å². The Balaban J connectivity index is 1.27. The molecule has 0 bridgehead atoms. The highest BCUT2D eigenvalue weighted by Crippen LogP contribution is 2.35. The van der Waals surface area contributed by atoms with Crippen LogP contribution in [-0.4, -0.2) is 50.0 Å². The standard InChI is InChI=1S/C23H20FNO5/c24-20-7-6-19(17-3-1-2-4-18(17)20)23(26)25-9-10-27-16(12-25)13-28-15-5-8-21-22(11-15)30-14-29-21/h1-8,11,16H,9-10,12-14H2. The van der Waals surface area contributed by atoms with Crippen LogP contribution in [0.25, 0.3) is 10.8 Å². The van der Waals surface area contributed by atoms with Crippen LogP contribution in [0.3, 0.4) is 0 Å². The summed E-state index contributed by atoms with van der Waals surface area (Å²) in [7, 11) is 0. The van der Waals surface area contributed by atoms with E-state index in [9.17, 15) is 9.18 Å². The molecule has 0 radical (unpaired) electrons. The highest BCUT2D eigenvalue weighted by atomic mass is 19.1. The second-order valence-corrected chi connectivity index (χ2v) is 7.21. The van der Waals surface area contributed by atoms with E-state index < -0.39 is 0 Å². The second-order valence-electron chi connectivity index (χ2n) is 7.21. The number of nitrogens with zero attached hydrogens (tertiary/aromatic N) is 1. The van der Waals surface area contributed by atoms with Crippen LogP contribution in [0.1, 0.15) is 10.4 Å². The molecule has 1 atom stereocenters. The molecular formula is C23H20FNO5. The molecule has 7 heteroatoms. The summed E-state index contributed by atoms with van der Waals surface area (Å²) in [5.74, 6) is 1.52. The van der Waals surface area contributed by atoms with Crippen LogP contribution in [0.2, 0.25) is 0 Å². The molecule has 1 unspecified atom stereocenters. The number of hydrogen-bond acceptors (Lipinski definition) is 5. The van der Waals surface area contributed by atoms with E-state index in [-0.39, 0.29) is 24.6 Å². The maximum absolute atomic E-state index is 14.1. The van der Waals surface area contributed by atoms with Crippen molar-refractivity contribution < 1.29 is 28.1 Å². The smallest absolute Gasteiger partial charge is 0.254 e. The molecule has 30 heavy (non-hydrogen) atoms. The molecule has 3 aromatic carbocycles. The average molecular weight is 409 g/mol. The van der Waals surface area contributed by atoms with Gasteiger partial charge in [0.25, 0.3) is 5.91 Å². The molecule has 0 N–H and O–H groups in total. The summed E-state index contributed by atoms with van der Waals surface area (Å²) in [6.07, 6.45) is -0.264. The normalized spacial score (nSPS) is 17.9. The van der Waals surface area contributed by atoms with E-state index in [1.807, 2.05) is 6.07 Å². The van der Waals surface area contributed by atoms with Gasteiger partial charge in [0.05, 0.1) is 13.2 Å². The maximum Gasteiger partial charge on any atom is 0.254 e. The topological polar surface area (TPSA) is 57.2 Å². The van der Waals surface area contributed by atoms with Gasteiger partial charge in [-0.05, 0) is 29.7 Å². The summed E-state index contributed by atoms with van der Waals surface area (Å²) in [4.78, 5) is 14.9. The van der Waals surface area contributed by atoms with Crippen molar-refractivity contribution in [3.63, 3.8) is 0 Å². The number of morpholine rings is 1. The van der Waals surface area contributed by atoms with Crippen LogP contribution < -0.4 is 14.2 Å². The summed E-state index contributed by atoms with van der Waals surface area (Å²) >= 11 is 0. The van der Waals surface area contributed by atoms with Crippen LogP contribution in [0.5, 0.6) is 17.2 Å². The first-order valence-electron chi connectivity index (χ1n) is 9.79. The fourth-order valence-corrected chi connectivity index (χ4v) is 3.78. The fourth-order valence-electron chi connectivity index (χ4n) is 3.78. The van der Waals surface area contributed by atoms with Gasteiger partial charge in [0.2, 0.25) is 6.79 Å². The summed E-state index contributed by atoms with van der Waals surface area (Å²) < 4.78 is 36.4. The minimum Gasteiger partial charge on any atom is -0.491 e. The summed E-state index contributed by atoms with van der Waals surface area (Å²) in [5.41, 5.74) is 0.490. The summed E-state index contributed by atoms with van der Waals surface area (Å²) in [5, 5.41) is 1.06. The number of fused-ring (bicyclic) bond motifs is 2. The van der Waals surface area contributed by atoms with Gasteiger partial charge >= 0.3 is 0 Å². The Labute approximate surface area is 172 Å². The van der Waals surface area contributed by atoms with E-state index >= 15 is 0 Å². The first-order chi connectivity index (χ1) is 14.7. The summed E-state index contributed by atoms with van der Waals surface area (Å²) in [6.45, 7) is 1.80. The van der Waals surface area contributed by atoms with Gasteiger partial charge in [0, 0.05) is 23.6 Å². The second kappa shape index (κ2) is 7.84. The molecule has 0 spiro atoms. The largest absolute Gasteiger partial charge is 0.491 e. The first kappa shape index (κ1) is 18.7. The zero-order chi connectivity index (χ0) is 20.5. The molecule has 2 aliphatic heterocycles. The Bertz CT molecular complexity index is 1100. The molecule has 1 saturated heterocycles. The van der Waals surface area contributed by atoms with Crippen LogP contribution in [0.15, 0.2) is 54.6 Å². The Kier molecular flexibility index (Phi) is 4.88. The Morgan fingerprint density at radius 2 is 1.90 bits per heavy atom. The third-order valence-corrected chi connectivity index (χ3v) is 5.31. The number of amides is 1. The molecule has 6 nitrogen and oxygen atoms in total. The van der Waals surface area contributed by atoms with E-state index in [2.05, 4.69) is 0 Å². The molecule has 1 fully saturated rings. The quantitative estimate of drug-likeness (QED) is 0.659. The molecule has 0 saturated carbocycles. The van der Waals surface area contributed by atoms with Crippen molar-refractivity contribution in [1.29, 1.82) is 0 Å². The summed E-state index contributed by atoms with van der Waals surface area (Å²) in [6, 6.07) is 15.3. The maximum atomic E-state index is 14.1. The van der Waals surface area contributed by atoms with Crippen molar-refractivity contribution in [1.82, 2.24) is 4.90 Å². The van der Waals surface area contributed by atoms with E-state index in [1.54, 1.807) is 47.4 Å². The van der Waals surface area contributed by atoms with Gasteiger partial charge < -0.3 is 23.8 Å². The third-order valence-electron chi connectivity index (χ3n) is 5.31. The number of halogens is 1. The van der Waals surface area contributed by atoms with Crippen LogP contribution in [-0.2, 0) is 4.74 Å². The van der Waals surface area contributed by atoms with Gasteiger partial charge in [-0.1, -0.05) is 24.3 Å². The number of carbonyl (C=O) groups excluding carboxylic acids is 1. The Hall–Kier alpha value is -3.32. The van der Waals surface area contributed by atoms with Gasteiger partial charge in [0.1, 0.15) is 24.3 Å². The monoisotopic (exact) mass is 409 g/mol. The van der Waals surface area contributed by atoms with Crippen molar-refractivity contribution in [2.45, 2.75) is 6.10 Å². The number of benzene rings is 3. The lowest BCUT2D eigenvalue weighted by molar-refractivity contribution is -0.0400. The lowest BCUT2D eigenvalue weighted by Crippen LogP contribution is -2.47. The van der Waals surface area contributed by atoms with Crippen molar-refractivity contribution in [3.8, 4) is 17.2 Å². The molecule has 0 aromatic heterocycles. The predicted molar refractivity (Wildman–Crippen MR) is 108 cm³/mol. The van der Waals surface area contributed by atoms with E-state index in [0.717, 1.165) is 0 Å². The highest BCUT2D eigenvalue weighted by Gasteiger charge is 2.27.